The number of aromatic nitrogens is 3. The normalized spacial score (nSPS) is 11.4. The number of hydrogen-bond donors (Lipinski definition) is 1. The molecule has 0 bridgehead atoms. The summed E-state index contributed by atoms with van der Waals surface area (Å²) in [7, 11) is 0. The van der Waals surface area contributed by atoms with Crippen LogP contribution >= 0.6 is 0 Å². The predicted octanol–water partition coefficient (Wildman–Crippen LogP) is 1.92. The van der Waals surface area contributed by atoms with Gasteiger partial charge < -0.3 is 5.11 Å². The second-order valence-electron chi connectivity index (χ2n) is 4.85. The van der Waals surface area contributed by atoms with E-state index in [-0.39, 0.29) is 0 Å². The van der Waals surface area contributed by atoms with E-state index in [0.29, 0.717) is 6.42 Å². The third kappa shape index (κ3) is 2.56. The zero-order valence-electron chi connectivity index (χ0n) is 10.4. The predicted molar refractivity (Wildman–Crippen MR) is 66.5 cm³/mol. The highest BCUT2D eigenvalue weighted by atomic mass is 16.4. The van der Waals surface area contributed by atoms with Crippen LogP contribution in [0.5, 0.6) is 0 Å². The maximum atomic E-state index is 11.1. The minimum Gasteiger partial charge on any atom is -0.481 e. The molecule has 1 aromatic heterocycles. The van der Waals surface area contributed by atoms with Crippen LogP contribution in [-0.2, 0) is 11.2 Å². The average Bonchev–Trinajstić information content (AvgIpc) is 2.82. The molecule has 5 heteroatoms. The molecular weight excluding hydrogens is 230 g/mol. The zero-order chi connectivity index (χ0) is 13.2. The molecule has 0 atom stereocenters. The number of hydrogen-bond acceptors (Lipinski definition) is 3. The minimum absolute atomic E-state index is 0.470. The van der Waals surface area contributed by atoms with Crippen molar-refractivity contribution in [2.75, 3.05) is 0 Å². The topological polar surface area (TPSA) is 68.0 Å². The van der Waals surface area contributed by atoms with Crippen molar-refractivity contribution in [1.29, 1.82) is 0 Å². The van der Waals surface area contributed by atoms with Crippen LogP contribution in [0, 0.1) is 5.41 Å². The summed E-state index contributed by atoms with van der Waals surface area (Å²) < 4.78 is 0. The maximum absolute atomic E-state index is 11.1. The number of carbonyl (C=O) groups is 1. The van der Waals surface area contributed by atoms with E-state index in [2.05, 4.69) is 10.2 Å². The highest BCUT2D eigenvalue weighted by Crippen LogP contribution is 2.23. The van der Waals surface area contributed by atoms with Crippen LogP contribution in [-0.4, -0.2) is 26.1 Å². The van der Waals surface area contributed by atoms with Gasteiger partial charge in [0, 0.05) is 0 Å². The Morgan fingerprint density at radius 1 is 1.33 bits per heavy atom. The fourth-order valence-corrected chi connectivity index (χ4v) is 1.73. The summed E-state index contributed by atoms with van der Waals surface area (Å²) in [5, 5.41) is 17.2. The van der Waals surface area contributed by atoms with Crippen LogP contribution in [0.1, 0.15) is 19.4 Å². The van der Waals surface area contributed by atoms with Crippen LogP contribution in [0.25, 0.3) is 5.69 Å². The molecule has 0 saturated carbocycles. The largest absolute Gasteiger partial charge is 0.481 e. The van der Waals surface area contributed by atoms with Crippen molar-refractivity contribution in [3.8, 4) is 5.69 Å². The molecule has 0 radical (unpaired) electrons. The first kappa shape index (κ1) is 12.3. The van der Waals surface area contributed by atoms with E-state index in [4.69, 9.17) is 5.11 Å². The van der Waals surface area contributed by atoms with Crippen LogP contribution in [0.4, 0.5) is 0 Å². The zero-order valence-corrected chi connectivity index (χ0v) is 10.4. The highest BCUT2D eigenvalue weighted by molar-refractivity contribution is 5.74. The molecule has 2 aromatic rings. The molecule has 18 heavy (non-hydrogen) atoms. The van der Waals surface area contributed by atoms with E-state index in [1.165, 1.54) is 4.80 Å². The third-order valence-electron chi connectivity index (χ3n) is 2.79. The van der Waals surface area contributed by atoms with Gasteiger partial charge in [0.15, 0.2) is 0 Å². The Kier molecular flexibility index (Phi) is 3.14. The lowest BCUT2D eigenvalue weighted by Gasteiger charge is -2.19. The Hall–Kier alpha value is -2.17. The Morgan fingerprint density at radius 3 is 2.61 bits per heavy atom. The molecular formula is C13H15N3O2. The molecule has 0 amide bonds. The number of carboxylic acid groups (broad SMARTS) is 1. The fourth-order valence-electron chi connectivity index (χ4n) is 1.73. The Bertz CT molecular complexity index is 547. The van der Waals surface area contributed by atoms with Crippen LogP contribution in [0.15, 0.2) is 36.7 Å². The molecule has 0 saturated heterocycles. The molecule has 1 N–H and O–H groups in total. The first-order chi connectivity index (χ1) is 8.49. The lowest BCUT2D eigenvalue weighted by molar-refractivity contribution is -0.146. The summed E-state index contributed by atoms with van der Waals surface area (Å²) in [6.07, 6.45) is 3.68. The molecule has 2 rings (SSSR count). The van der Waals surface area contributed by atoms with Crippen molar-refractivity contribution < 1.29 is 9.90 Å². The monoisotopic (exact) mass is 245 g/mol. The van der Waals surface area contributed by atoms with Gasteiger partial charge in [-0.25, -0.2) is 0 Å². The van der Waals surface area contributed by atoms with Gasteiger partial charge >= 0.3 is 5.97 Å². The van der Waals surface area contributed by atoms with Gasteiger partial charge in [0.1, 0.15) is 0 Å². The quantitative estimate of drug-likeness (QED) is 0.893. The SMILES string of the molecule is CC(C)(Cc1cccc(-n2nccn2)c1)C(=O)O. The van der Waals surface area contributed by atoms with Crippen LogP contribution < -0.4 is 0 Å². The Balaban J connectivity index is 2.26. The Morgan fingerprint density at radius 2 is 2.00 bits per heavy atom. The summed E-state index contributed by atoms with van der Waals surface area (Å²) in [4.78, 5) is 12.6. The molecule has 5 nitrogen and oxygen atoms in total. The van der Waals surface area contributed by atoms with Gasteiger partial charge in [0.2, 0.25) is 0 Å². The van der Waals surface area contributed by atoms with Gasteiger partial charge in [0.25, 0.3) is 0 Å². The van der Waals surface area contributed by atoms with Crippen molar-refractivity contribution in [3.63, 3.8) is 0 Å². The maximum Gasteiger partial charge on any atom is 0.309 e. The molecule has 0 spiro atoms. The fraction of sp³-hybridized carbons (Fsp3) is 0.308. The number of rotatable bonds is 4. The molecule has 1 aromatic carbocycles. The summed E-state index contributed by atoms with van der Waals surface area (Å²) in [5.74, 6) is -0.801. The average molecular weight is 245 g/mol. The Labute approximate surface area is 105 Å². The van der Waals surface area contributed by atoms with Gasteiger partial charge in [-0.3, -0.25) is 4.79 Å². The number of nitrogens with zero attached hydrogens (tertiary/aromatic N) is 3. The van der Waals surface area contributed by atoms with Crippen molar-refractivity contribution in [3.05, 3.63) is 42.2 Å². The van der Waals surface area contributed by atoms with Gasteiger partial charge in [0.05, 0.1) is 23.5 Å². The van der Waals surface area contributed by atoms with E-state index in [1.807, 2.05) is 24.3 Å². The third-order valence-corrected chi connectivity index (χ3v) is 2.79. The molecule has 1 heterocycles. The van der Waals surface area contributed by atoms with Crippen LogP contribution in [0.2, 0.25) is 0 Å². The van der Waals surface area contributed by atoms with Gasteiger partial charge in [-0.05, 0) is 38.0 Å². The number of aliphatic carboxylic acids is 1. The van der Waals surface area contributed by atoms with Crippen molar-refractivity contribution in [2.24, 2.45) is 5.41 Å². The molecule has 0 unspecified atom stereocenters. The molecule has 94 valence electrons. The van der Waals surface area contributed by atoms with E-state index in [0.717, 1.165) is 11.3 Å². The lowest BCUT2D eigenvalue weighted by Crippen LogP contribution is -2.26. The first-order valence-electron chi connectivity index (χ1n) is 5.68. The van der Waals surface area contributed by atoms with Crippen molar-refractivity contribution in [1.82, 2.24) is 15.0 Å². The van der Waals surface area contributed by atoms with Crippen molar-refractivity contribution in [2.45, 2.75) is 20.3 Å². The smallest absolute Gasteiger partial charge is 0.309 e. The molecule has 0 aliphatic rings. The van der Waals surface area contributed by atoms with Crippen molar-refractivity contribution >= 4 is 5.97 Å². The van der Waals surface area contributed by atoms with Gasteiger partial charge in [-0.2, -0.15) is 15.0 Å². The number of benzene rings is 1. The molecule has 0 aliphatic carbocycles. The van der Waals surface area contributed by atoms with Gasteiger partial charge in [-0.15, -0.1) is 0 Å². The van der Waals surface area contributed by atoms with E-state index in [9.17, 15) is 4.79 Å². The molecule has 0 fully saturated rings. The minimum atomic E-state index is -0.801. The second-order valence-corrected chi connectivity index (χ2v) is 4.85. The van der Waals surface area contributed by atoms with E-state index < -0.39 is 11.4 Å². The van der Waals surface area contributed by atoms with E-state index in [1.54, 1.807) is 26.2 Å². The summed E-state index contributed by atoms with van der Waals surface area (Å²) in [5.41, 5.74) is 1.01. The lowest BCUT2D eigenvalue weighted by atomic mass is 9.86. The van der Waals surface area contributed by atoms with E-state index >= 15 is 0 Å². The number of carboxylic acids is 1. The first-order valence-corrected chi connectivity index (χ1v) is 5.68. The summed E-state index contributed by atoms with van der Waals surface area (Å²) in [6, 6.07) is 7.59. The highest BCUT2D eigenvalue weighted by Gasteiger charge is 2.27. The van der Waals surface area contributed by atoms with Gasteiger partial charge in [-0.1, -0.05) is 12.1 Å². The molecule has 0 aliphatic heterocycles. The summed E-state index contributed by atoms with van der Waals surface area (Å²) >= 11 is 0. The second kappa shape index (κ2) is 4.60. The standard InChI is InChI=1S/C13H15N3O2/c1-13(2,12(17)18)9-10-4-3-5-11(8-10)16-14-6-7-15-16/h3-8H,9H2,1-2H3,(H,17,18). The van der Waals surface area contributed by atoms with Crippen LogP contribution in [0.3, 0.4) is 0 Å². The summed E-state index contributed by atoms with van der Waals surface area (Å²) in [6.45, 7) is 3.43.